The van der Waals surface area contributed by atoms with Crippen molar-refractivity contribution < 1.29 is 14.3 Å². The maximum Gasteiger partial charge on any atom is 0.251 e. The van der Waals surface area contributed by atoms with Gasteiger partial charge in [-0.1, -0.05) is 29.3 Å². The highest BCUT2D eigenvalue weighted by Gasteiger charge is 2.23. The number of halogens is 2. The van der Waals surface area contributed by atoms with Crippen LogP contribution < -0.4 is 14.8 Å². The molecule has 1 aliphatic carbocycles. The van der Waals surface area contributed by atoms with Crippen molar-refractivity contribution in [2.75, 3.05) is 13.2 Å². The zero-order valence-electron chi connectivity index (χ0n) is 17.5. The number of ether oxygens (including phenoxy) is 2. The normalized spacial score (nSPS) is 16.6. The molecule has 2 aliphatic rings. The van der Waals surface area contributed by atoms with Gasteiger partial charge < -0.3 is 14.8 Å². The molecule has 32 heavy (non-hydrogen) atoms. The molecule has 1 atom stereocenters. The number of benzene rings is 3. The predicted octanol–water partition coefficient (Wildman–Crippen LogP) is 6.57. The molecule has 164 valence electrons. The number of hydrogen-bond donors (Lipinski definition) is 1. The number of rotatable bonds is 5. The van der Waals surface area contributed by atoms with Gasteiger partial charge in [0.25, 0.3) is 5.91 Å². The van der Waals surface area contributed by atoms with Crippen LogP contribution in [0.1, 0.15) is 45.8 Å². The number of nitrogens with one attached hydrogen (secondary N) is 1. The smallest absolute Gasteiger partial charge is 0.251 e. The maximum atomic E-state index is 12.6. The van der Waals surface area contributed by atoms with E-state index < -0.39 is 0 Å². The third-order valence-electron chi connectivity index (χ3n) is 6.12. The van der Waals surface area contributed by atoms with Crippen molar-refractivity contribution >= 4 is 29.1 Å². The molecule has 0 radical (unpaired) electrons. The fourth-order valence-electron chi connectivity index (χ4n) is 4.43. The lowest BCUT2D eigenvalue weighted by Gasteiger charge is -2.19. The Bertz CT molecular complexity index is 1160. The van der Waals surface area contributed by atoms with Crippen molar-refractivity contribution in [2.24, 2.45) is 0 Å². The largest absolute Gasteiger partial charge is 0.493 e. The van der Waals surface area contributed by atoms with Crippen LogP contribution in [0.15, 0.2) is 54.6 Å². The summed E-state index contributed by atoms with van der Waals surface area (Å²) in [5.41, 5.74) is 4.26. The molecular formula is C26H23Cl2NO3. The van der Waals surface area contributed by atoms with Gasteiger partial charge >= 0.3 is 0 Å². The van der Waals surface area contributed by atoms with E-state index in [1.165, 1.54) is 11.1 Å². The van der Waals surface area contributed by atoms with E-state index in [2.05, 4.69) is 11.4 Å². The molecule has 0 saturated carbocycles. The van der Waals surface area contributed by atoms with Crippen molar-refractivity contribution in [2.45, 2.75) is 31.6 Å². The van der Waals surface area contributed by atoms with Crippen LogP contribution in [0.2, 0.25) is 10.0 Å². The second-order valence-corrected chi connectivity index (χ2v) is 9.10. The molecule has 1 heterocycles. The highest BCUT2D eigenvalue weighted by Crippen LogP contribution is 2.38. The monoisotopic (exact) mass is 467 g/mol. The van der Waals surface area contributed by atoms with Crippen molar-refractivity contribution in [3.05, 3.63) is 86.9 Å². The Balaban J connectivity index is 1.21. The standard InChI is InChI=1S/C26H23Cl2NO3/c27-20-7-10-22-17(12-20)3-4-19(22)15-29-26(30)16-5-8-21(9-6-16)32-25-14-24-18(13-23(25)28)2-1-11-31-24/h5-10,12-14,19H,1-4,11,15H2,(H,29,30). The Labute approximate surface area is 197 Å². The van der Waals surface area contributed by atoms with Gasteiger partial charge in [0.2, 0.25) is 0 Å². The van der Waals surface area contributed by atoms with E-state index in [4.69, 9.17) is 32.7 Å². The number of carbonyl (C=O) groups excluding carboxylic acids is 1. The number of hydrogen-bond acceptors (Lipinski definition) is 3. The van der Waals surface area contributed by atoms with Crippen LogP contribution in [0.4, 0.5) is 0 Å². The molecule has 0 bridgehead atoms. The Kier molecular flexibility index (Phi) is 5.99. The minimum absolute atomic E-state index is 0.0980. The number of carbonyl (C=O) groups is 1. The molecule has 5 rings (SSSR count). The van der Waals surface area contributed by atoms with E-state index in [0.717, 1.165) is 42.0 Å². The third-order valence-corrected chi connectivity index (χ3v) is 6.65. The second kappa shape index (κ2) is 9.05. The SMILES string of the molecule is O=C(NCC1CCc2cc(Cl)ccc21)c1ccc(Oc2cc3c(cc2Cl)CCCO3)cc1. The second-order valence-electron chi connectivity index (χ2n) is 8.26. The quantitative estimate of drug-likeness (QED) is 0.461. The van der Waals surface area contributed by atoms with Crippen LogP contribution >= 0.6 is 23.2 Å². The third kappa shape index (κ3) is 4.43. The molecule has 0 spiro atoms. The molecule has 1 aliphatic heterocycles. The van der Waals surface area contributed by atoms with Gasteiger partial charge in [0.05, 0.1) is 11.6 Å². The van der Waals surface area contributed by atoms with Crippen LogP contribution in [0, 0.1) is 0 Å². The van der Waals surface area contributed by atoms with Crippen LogP contribution in [-0.2, 0) is 12.8 Å². The summed E-state index contributed by atoms with van der Waals surface area (Å²) >= 11 is 12.5. The molecule has 0 saturated heterocycles. The van der Waals surface area contributed by atoms with Gasteiger partial charge in [0.15, 0.2) is 0 Å². The zero-order chi connectivity index (χ0) is 22.1. The van der Waals surface area contributed by atoms with Crippen LogP contribution in [0.25, 0.3) is 0 Å². The van der Waals surface area contributed by atoms with E-state index >= 15 is 0 Å². The molecule has 6 heteroatoms. The van der Waals surface area contributed by atoms with Gasteiger partial charge in [-0.15, -0.1) is 0 Å². The summed E-state index contributed by atoms with van der Waals surface area (Å²) in [7, 11) is 0. The average molecular weight is 468 g/mol. The van der Waals surface area contributed by atoms with Crippen molar-refractivity contribution in [1.29, 1.82) is 0 Å². The van der Waals surface area contributed by atoms with E-state index in [1.807, 2.05) is 24.3 Å². The van der Waals surface area contributed by atoms with E-state index in [9.17, 15) is 4.79 Å². The highest BCUT2D eigenvalue weighted by atomic mass is 35.5. The lowest BCUT2D eigenvalue weighted by atomic mass is 10.0. The van der Waals surface area contributed by atoms with Gasteiger partial charge in [-0.25, -0.2) is 0 Å². The first-order valence-electron chi connectivity index (χ1n) is 10.9. The first-order valence-corrected chi connectivity index (χ1v) is 11.6. The maximum absolute atomic E-state index is 12.6. The summed E-state index contributed by atoms with van der Waals surface area (Å²) in [6.45, 7) is 1.31. The first kappa shape index (κ1) is 21.2. The minimum Gasteiger partial charge on any atom is -0.493 e. The number of amides is 1. The van der Waals surface area contributed by atoms with Gasteiger partial charge in [-0.05, 0) is 84.8 Å². The fourth-order valence-corrected chi connectivity index (χ4v) is 4.85. The lowest BCUT2D eigenvalue weighted by molar-refractivity contribution is 0.0951. The molecule has 0 aromatic heterocycles. The molecule has 1 N–H and O–H groups in total. The van der Waals surface area contributed by atoms with Crippen molar-refractivity contribution in [3.63, 3.8) is 0 Å². The van der Waals surface area contributed by atoms with Crippen LogP contribution in [0.3, 0.4) is 0 Å². The van der Waals surface area contributed by atoms with Crippen LogP contribution in [-0.4, -0.2) is 19.1 Å². The van der Waals surface area contributed by atoms with Crippen molar-refractivity contribution in [1.82, 2.24) is 5.32 Å². The number of aryl methyl sites for hydroxylation is 2. The summed E-state index contributed by atoms with van der Waals surface area (Å²) < 4.78 is 11.7. The average Bonchev–Trinajstić information content (AvgIpc) is 3.20. The van der Waals surface area contributed by atoms with Gasteiger partial charge in [-0.3, -0.25) is 4.79 Å². The van der Waals surface area contributed by atoms with E-state index in [0.29, 0.717) is 41.2 Å². The Morgan fingerprint density at radius 1 is 1.03 bits per heavy atom. The molecule has 1 unspecified atom stereocenters. The summed E-state index contributed by atoms with van der Waals surface area (Å²) in [6.07, 6.45) is 3.97. The predicted molar refractivity (Wildman–Crippen MR) is 127 cm³/mol. The fraction of sp³-hybridized carbons (Fsp3) is 0.269. The molecule has 0 fully saturated rings. The Morgan fingerprint density at radius 3 is 2.72 bits per heavy atom. The van der Waals surface area contributed by atoms with Crippen molar-refractivity contribution in [3.8, 4) is 17.2 Å². The summed E-state index contributed by atoms with van der Waals surface area (Å²) in [5, 5.41) is 4.37. The van der Waals surface area contributed by atoms with Gasteiger partial charge in [-0.2, -0.15) is 0 Å². The molecular weight excluding hydrogens is 445 g/mol. The van der Waals surface area contributed by atoms with Gasteiger partial charge in [0.1, 0.15) is 17.2 Å². The van der Waals surface area contributed by atoms with E-state index in [-0.39, 0.29) is 5.91 Å². The van der Waals surface area contributed by atoms with Crippen LogP contribution in [0.5, 0.6) is 17.2 Å². The number of fused-ring (bicyclic) bond motifs is 2. The molecule has 3 aromatic carbocycles. The first-order chi connectivity index (χ1) is 15.6. The Hall–Kier alpha value is -2.69. The molecule has 1 amide bonds. The topological polar surface area (TPSA) is 47.6 Å². The summed E-state index contributed by atoms with van der Waals surface area (Å²) in [5.74, 6) is 2.20. The van der Waals surface area contributed by atoms with Gasteiger partial charge in [0, 0.05) is 29.1 Å². The summed E-state index contributed by atoms with van der Waals surface area (Å²) in [4.78, 5) is 12.6. The Morgan fingerprint density at radius 2 is 1.88 bits per heavy atom. The molecule has 3 aromatic rings. The molecule has 4 nitrogen and oxygen atoms in total. The zero-order valence-corrected chi connectivity index (χ0v) is 19.0. The van der Waals surface area contributed by atoms with E-state index in [1.54, 1.807) is 24.3 Å². The lowest BCUT2D eigenvalue weighted by Crippen LogP contribution is -2.27. The summed E-state index contributed by atoms with van der Waals surface area (Å²) in [6, 6.07) is 16.8. The minimum atomic E-state index is -0.0980. The highest BCUT2D eigenvalue weighted by molar-refractivity contribution is 6.32.